The first-order chi connectivity index (χ1) is 9.29. The van der Waals surface area contributed by atoms with Gasteiger partial charge in [-0.1, -0.05) is 6.42 Å². The first-order valence-corrected chi connectivity index (χ1v) is 7.75. The first-order valence-electron chi connectivity index (χ1n) is 6.87. The summed E-state index contributed by atoms with van der Waals surface area (Å²) in [5, 5.41) is 8.60. The van der Waals surface area contributed by atoms with Crippen LogP contribution in [-0.4, -0.2) is 48.5 Å². The van der Waals surface area contributed by atoms with Crippen molar-refractivity contribution in [2.75, 3.05) is 32.0 Å². The quantitative estimate of drug-likeness (QED) is 0.831. The van der Waals surface area contributed by atoms with Crippen molar-refractivity contribution < 1.29 is 4.79 Å². The highest BCUT2D eigenvalue weighted by molar-refractivity contribution is 7.13. The van der Waals surface area contributed by atoms with Crippen molar-refractivity contribution in [3.8, 4) is 0 Å². The lowest BCUT2D eigenvalue weighted by molar-refractivity contribution is -0.118. The maximum Gasteiger partial charge on any atom is 0.240 e. The number of aromatic nitrogens is 1. The third kappa shape index (κ3) is 4.56. The van der Waals surface area contributed by atoms with Gasteiger partial charge in [0.25, 0.3) is 0 Å². The van der Waals surface area contributed by atoms with Crippen molar-refractivity contribution in [1.82, 2.24) is 15.2 Å². The molecule has 0 aliphatic carbocycles. The number of hydrogen-bond acceptors (Lipinski definition) is 5. The summed E-state index contributed by atoms with van der Waals surface area (Å²) in [6.07, 6.45) is 6.49. The van der Waals surface area contributed by atoms with Gasteiger partial charge in [-0.25, -0.2) is 4.98 Å². The van der Waals surface area contributed by atoms with Crippen LogP contribution >= 0.6 is 11.3 Å². The fourth-order valence-electron chi connectivity index (χ4n) is 2.53. The van der Waals surface area contributed by atoms with E-state index in [4.69, 9.17) is 0 Å². The van der Waals surface area contributed by atoms with Crippen LogP contribution in [0.15, 0.2) is 11.6 Å². The van der Waals surface area contributed by atoms with Gasteiger partial charge < -0.3 is 10.6 Å². The SMILES string of the molecule is CNCCC1CCCCN1CC(=O)Nc1nccs1. The van der Waals surface area contributed by atoms with Crippen LogP contribution in [-0.2, 0) is 4.79 Å². The maximum absolute atomic E-state index is 12.0. The average molecular weight is 282 g/mol. The predicted octanol–water partition coefficient (Wildman–Crippen LogP) is 1.55. The summed E-state index contributed by atoms with van der Waals surface area (Å²) in [5.74, 6) is 0.0475. The number of likely N-dealkylation sites (tertiary alicyclic amines) is 1. The number of rotatable bonds is 6. The Balaban J connectivity index is 1.82. The Morgan fingerprint density at radius 1 is 1.58 bits per heavy atom. The number of hydrogen-bond donors (Lipinski definition) is 2. The zero-order valence-electron chi connectivity index (χ0n) is 11.4. The fourth-order valence-corrected chi connectivity index (χ4v) is 3.08. The van der Waals surface area contributed by atoms with Crippen LogP contribution in [0.25, 0.3) is 0 Å². The smallest absolute Gasteiger partial charge is 0.240 e. The average Bonchev–Trinajstić information content (AvgIpc) is 2.90. The van der Waals surface area contributed by atoms with E-state index >= 15 is 0 Å². The van der Waals surface area contributed by atoms with Gasteiger partial charge in [0.2, 0.25) is 5.91 Å². The molecule has 6 heteroatoms. The van der Waals surface area contributed by atoms with Crippen molar-refractivity contribution in [3.05, 3.63) is 11.6 Å². The number of piperidine rings is 1. The minimum Gasteiger partial charge on any atom is -0.320 e. The van der Waals surface area contributed by atoms with E-state index in [2.05, 4.69) is 20.5 Å². The van der Waals surface area contributed by atoms with E-state index in [1.54, 1.807) is 6.20 Å². The van der Waals surface area contributed by atoms with Gasteiger partial charge in [0.05, 0.1) is 6.54 Å². The Kier molecular flexibility index (Phi) is 5.75. The molecule has 1 fully saturated rings. The molecule has 0 aromatic carbocycles. The van der Waals surface area contributed by atoms with Crippen LogP contribution in [0.4, 0.5) is 5.13 Å². The predicted molar refractivity (Wildman–Crippen MR) is 78.5 cm³/mol. The highest BCUT2D eigenvalue weighted by Crippen LogP contribution is 2.19. The highest BCUT2D eigenvalue weighted by Gasteiger charge is 2.23. The molecule has 1 amide bonds. The monoisotopic (exact) mass is 282 g/mol. The van der Waals surface area contributed by atoms with Gasteiger partial charge >= 0.3 is 0 Å². The number of thiazole rings is 1. The van der Waals surface area contributed by atoms with E-state index in [0.29, 0.717) is 17.7 Å². The lowest BCUT2D eigenvalue weighted by atomic mass is 9.99. The second-order valence-electron chi connectivity index (χ2n) is 4.90. The molecule has 0 saturated carbocycles. The van der Waals surface area contributed by atoms with Crippen molar-refractivity contribution in [1.29, 1.82) is 0 Å². The summed E-state index contributed by atoms with van der Waals surface area (Å²) in [6.45, 7) is 2.52. The second-order valence-corrected chi connectivity index (χ2v) is 5.79. The number of nitrogens with one attached hydrogen (secondary N) is 2. The Morgan fingerprint density at radius 3 is 3.21 bits per heavy atom. The molecule has 1 unspecified atom stereocenters. The summed E-state index contributed by atoms with van der Waals surface area (Å²) in [4.78, 5) is 18.4. The standard InChI is InChI=1S/C13H22N4OS/c1-14-6-5-11-4-2-3-8-17(11)10-12(18)16-13-15-7-9-19-13/h7,9,11,14H,2-6,8,10H2,1H3,(H,15,16,18). The highest BCUT2D eigenvalue weighted by atomic mass is 32.1. The lowest BCUT2D eigenvalue weighted by Gasteiger charge is -2.35. The Morgan fingerprint density at radius 2 is 2.47 bits per heavy atom. The van der Waals surface area contributed by atoms with E-state index in [-0.39, 0.29) is 5.91 Å². The van der Waals surface area contributed by atoms with E-state index < -0.39 is 0 Å². The molecule has 1 aliphatic heterocycles. The van der Waals surface area contributed by atoms with E-state index in [0.717, 1.165) is 19.5 Å². The molecule has 2 rings (SSSR count). The summed E-state index contributed by atoms with van der Waals surface area (Å²) in [6, 6.07) is 0.531. The molecule has 1 aliphatic rings. The molecule has 106 valence electrons. The molecule has 0 spiro atoms. The molecule has 1 saturated heterocycles. The van der Waals surface area contributed by atoms with Crippen molar-refractivity contribution in [3.63, 3.8) is 0 Å². The van der Waals surface area contributed by atoms with E-state index in [1.807, 2.05) is 12.4 Å². The molecule has 0 bridgehead atoms. The first kappa shape index (κ1) is 14.4. The Labute approximate surface area is 118 Å². The third-order valence-corrected chi connectivity index (χ3v) is 4.19. The number of carbonyl (C=O) groups excluding carboxylic acids is 1. The minimum atomic E-state index is 0.0475. The number of anilines is 1. The second kappa shape index (κ2) is 7.57. The normalized spacial score (nSPS) is 20.4. The third-order valence-electron chi connectivity index (χ3n) is 3.50. The van der Waals surface area contributed by atoms with Crippen molar-refractivity contribution in [2.24, 2.45) is 0 Å². The van der Waals surface area contributed by atoms with Crippen molar-refractivity contribution in [2.45, 2.75) is 31.7 Å². The largest absolute Gasteiger partial charge is 0.320 e. The molecular formula is C13H22N4OS. The summed E-state index contributed by atoms with van der Waals surface area (Å²) in [7, 11) is 1.97. The Bertz CT molecular complexity index is 382. The minimum absolute atomic E-state index is 0.0475. The molecular weight excluding hydrogens is 260 g/mol. The van der Waals surface area contributed by atoms with E-state index in [1.165, 1.54) is 30.6 Å². The summed E-state index contributed by atoms with van der Waals surface area (Å²) in [5.41, 5.74) is 0. The van der Waals surface area contributed by atoms with Crippen LogP contribution in [0, 0.1) is 0 Å². The van der Waals surface area contributed by atoms with Crippen LogP contribution in [0.5, 0.6) is 0 Å². The molecule has 2 heterocycles. The molecule has 1 aromatic heterocycles. The molecule has 0 radical (unpaired) electrons. The molecule has 19 heavy (non-hydrogen) atoms. The van der Waals surface area contributed by atoms with Crippen LogP contribution in [0.1, 0.15) is 25.7 Å². The molecule has 1 aromatic rings. The van der Waals surface area contributed by atoms with Crippen LogP contribution in [0.3, 0.4) is 0 Å². The fraction of sp³-hybridized carbons (Fsp3) is 0.692. The summed E-state index contributed by atoms with van der Waals surface area (Å²) >= 11 is 1.46. The Hall–Kier alpha value is -0.980. The molecule has 1 atom stereocenters. The van der Waals surface area contributed by atoms with Gasteiger partial charge in [0, 0.05) is 17.6 Å². The van der Waals surface area contributed by atoms with Gasteiger partial charge in [-0.15, -0.1) is 11.3 Å². The number of amides is 1. The van der Waals surface area contributed by atoms with Gasteiger partial charge in [-0.3, -0.25) is 9.69 Å². The van der Waals surface area contributed by atoms with Gasteiger partial charge in [-0.05, 0) is 39.4 Å². The van der Waals surface area contributed by atoms with Gasteiger partial charge in [0.15, 0.2) is 5.13 Å². The van der Waals surface area contributed by atoms with E-state index in [9.17, 15) is 4.79 Å². The maximum atomic E-state index is 12.0. The topological polar surface area (TPSA) is 57.3 Å². The zero-order chi connectivity index (χ0) is 13.5. The van der Waals surface area contributed by atoms with Crippen molar-refractivity contribution >= 4 is 22.4 Å². The van der Waals surface area contributed by atoms with Crippen LogP contribution < -0.4 is 10.6 Å². The summed E-state index contributed by atoms with van der Waals surface area (Å²) < 4.78 is 0. The van der Waals surface area contributed by atoms with Crippen LogP contribution in [0.2, 0.25) is 0 Å². The molecule has 2 N–H and O–H groups in total. The van der Waals surface area contributed by atoms with Gasteiger partial charge in [-0.2, -0.15) is 0 Å². The lowest BCUT2D eigenvalue weighted by Crippen LogP contribution is -2.44. The van der Waals surface area contributed by atoms with Gasteiger partial charge in [0.1, 0.15) is 0 Å². The zero-order valence-corrected chi connectivity index (χ0v) is 12.2. The number of nitrogens with zero attached hydrogens (tertiary/aromatic N) is 2. The number of carbonyl (C=O) groups is 1. The molecule has 5 nitrogen and oxygen atoms in total.